The summed E-state index contributed by atoms with van der Waals surface area (Å²) in [5.74, 6) is 0. The van der Waals surface area contributed by atoms with E-state index in [2.05, 4.69) is 36.9 Å². The van der Waals surface area contributed by atoms with Gasteiger partial charge in [0.15, 0.2) is 0 Å². The van der Waals surface area contributed by atoms with Crippen LogP contribution < -0.4 is 16.0 Å². The Morgan fingerprint density at radius 1 is 1.15 bits per heavy atom. The zero-order chi connectivity index (χ0) is 14.4. The number of hydrogen-bond acceptors (Lipinski definition) is 3. The fourth-order valence-electron chi connectivity index (χ4n) is 1.57. The van der Waals surface area contributed by atoms with Crippen LogP contribution in [-0.4, -0.2) is 18.1 Å². The van der Waals surface area contributed by atoms with Crippen molar-refractivity contribution in [2.24, 2.45) is 0 Å². The molecule has 6 heteroatoms. The lowest BCUT2D eigenvalue weighted by Crippen LogP contribution is -2.24. The van der Waals surface area contributed by atoms with Gasteiger partial charge in [0, 0.05) is 29.1 Å². The lowest BCUT2D eigenvalue weighted by atomic mass is 10.2. The van der Waals surface area contributed by atoms with Gasteiger partial charge in [0.2, 0.25) is 0 Å². The number of carbonyl (C=O) groups excluding carboxylic acids is 1. The minimum atomic E-state index is -0.232. The van der Waals surface area contributed by atoms with Gasteiger partial charge in [0.1, 0.15) is 0 Å². The molecule has 0 bridgehead atoms. The third-order valence-electron chi connectivity index (χ3n) is 2.63. The molecule has 5 nitrogen and oxygen atoms in total. The molecule has 104 valence electrons. The summed E-state index contributed by atoms with van der Waals surface area (Å²) in [6, 6.07) is 11.2. The van der Waals surface area contributed by atoms with Crippen LogP contribution in [0.3, 0.4) is 0 Å². The molecule has 0 aliphatic carbocycles. The largest absolute Gasteiger partial charge is 0.379 e. The zero-order valence-corrected chi connectivity index (χ0v) is 12.6. The fourth-order valence-corrected chi connectivity index (χ4v) is 1.80. The number of pyridine rings is 1. The van der Waals surface area contributed by atoms with Gasteiger partial charge in [0.25, 0.3) is 0 Å². The van der Waals surface area contributed by atoms with Crippen LogP contribution in [0.2, 0.25) is 0 Å². The molecule has 1 heterocycles. The molecule has 2 rings (SSSR count). The molecular weight excluding hydrogens is 320 g/mol. The van der Waals surface area contributed by atoms with Crippen LogP contribution in [0.4, 0.5) is 16.2 Å². The molecule has 0 fully saturated rings. The highest BCUT2D eigenvalue weighted by molar-refractivity contribution is 9.10. The summed E-state index contributed by atoms with van der Waals surface area (Å²) < 4.78 is 0.964. The van der Waals surface area contributed by atoms with Crippen molar-refractivity contribution in [3.05, 3.63) is 52.8 Å². The molecular formula is C14H15BrN4O. The maximum absolute atomic E-state index is 11.2. The number of nitrogens with zero attached hydrogens (tertiary/aromatic N) is 1. The van der Waals surface area contributed by atoms with E-state index < -0.39 is 0 Å². The van der Waals surface area contributed by atoms with Crippen molar-refractivity contribution >= 4 is 33.3 Å². The van der Waals surface area contributed by atoms with Crippen LogP contribution in [0.15, 0.2) is 47.1 Å². The predicted molar refractivity (Wildman–Crippen MR) is 83.8 cm³/mol. The van der Waals surface area contributed by atoms with Crippen LogP contribution in [0, 0.1) is 0 Å². The summed E-state index contributed by atoms with van der Waals surface area (Å²) in [7, 11) is 1.58. The van der Waals surface area contributed by atoms with Crippen molar-refractivity contribution in [1.29, 1.82) is 0 Å². The van der Waals surface area contributed by atoms with E-state index >= 15 is 0 Å². The molecule has 20 heavy (non-hydrogen) atoms. The Labute approximate surface area is 125 Å². The first-order chi connectivity index (χ1) is 9.67. The Hall–Kier alpha value is -2.08. The molecule has 2 aromatic rings. The summed E-state index contributed by atoms with van der Waals surface area (Å²) in [5, 5.41) is 8.47. The first-order valence-electron chi connectivity index (χ1n) is 6.10. The molecule has 3 N–H and O–H groups in total. The van der Waals surface area contributed by atoms with Crippen LogP contribution >= 0.6 is 15.9 Å². The highest BCUT2D eigenvalue weighted by Crippen LogP contribution is 2.14. The van der Waals surface area contributed by atoms with E-state index in [0.29, 0.717) is 6.54 Å². The van der Waals surface area contributed by atoms with E-state index in [1.165, 1.54) is 0 Å². The van der Waals surface area contributed by atoms with E-state index in [9.17, 15) is 4.79 Å². The molecule has 0 aliphatic rings. The molecule has 0 aliphatic heterocycles. The Morgan fingerprint density at radius 2 is 1.85 bits per heavy atom. The summed E-state index contributed by atoms with van der Waals surface area (Å²) in [4.78, 5) is 15.4. The summed E-state index contributed by atoms with van der Waals surface area (Å²) >= 11 is 3.35. The van der Waals surface area contributed by atoms with Crippen LogP contribution in [-0.2, 0) is 6.54 Å². The molecule has 0 unspecified atom stereocenters. The standard InChI is InChI=1S/C14H15BrN4O/c1-16-14(20)19-12-6-4-11(5-7-12)18-9-13-3-2-10(15)8-17-13/h2-8,18H,9H2,1H3,(H2,16,19,20). The lowest BCUT2D eigenvalue weighted by molar-refractivity contribution is 0.254. The van der Waals surface area contributed by atoms with Crippen molar-refractivity contribution in [3.63, 3.8) is 0 Å². The number of carbonyl (C=O) groups is 1. The molecule has 2 amide bonds. The number of nitrogens with one attached hydrogen (secondary N) is 3. The average molecular weight is 335 g/mol. The van der Waals surface area contributed by atoms with Crippen molar-refractivity contribution in [2.45, 2.75) is 6.54 Å². The van der Waals surface area contributed by atoms with Crippen LogP contribution in [0.25, 0.3) is 0 Å². The van der Waals surface area contributed by atoms with Gasteiger partial charge in [-0.15, -0.1) is 0 Å². The Balaban J connectivity index is 1.90. The number of rotatable bonds is 4. The van der Waals surface area contributed by atoms with Gasteiger partial charge < -0.3 is 16.0 Å². The third kappa shape index (κ3) is 4.24. The second-order valence-electron chi connectivity index (χ2n) is 4.10. The zero-order valence-electron chi connectivity index (χ0n) is 11.0. The van der Waals surface area contributed by atoms with E-state index in [1.54, 1.807) is 13.2 Å². The predicted octanol–water partition coefficient (Wildman–Crippen LogP) is 3.21. The first kappa shape index (κ1) is 14.3. The number of amides is 2. The smallest absolute Gasteiger partial charge is 0.318 e. The van der Waals surface area contributed by atoms with Gasteiger partial charge >= 0.3 is 6.03 Å². The fraction of sp³-hybridized carbons (Fsp3) is 0.143. The molecule has 0 saturated carbocycles. The van der Waals surface area contributed by atoms with Gasteiger partial charge in [-0.05, 0) is 52.3 Å². The molecule has 0 saturated heterocycles. The highest BCUT2D eigenvalue weighted by Gasteiger charge is 1.99. The minimum Gasteiger partial charge on any atom is -0.379 e. The number of halogens is 1. The summed E-state index contributed by atoms with van der Waals surface area (Å²) in [5.41, 5.74) is 2.68. The number of aromatic nitrogens is 1. The first-order valence-corrected chi connectivity index (χ1v) is 6.90. The van der Waals surface area contributed by atoms with Gasteiger partial charge in [-0.1, -0.05) is 0 Å². The molecule has 0 atom stereocenters. The van der Waals surface area contributed by atoms with Crippen LogP contribution in [0.1, 0.15) is 5.69 Å². The Morgan fingerprint density at radius 3 is 2.45 bits per heavy atom. The van der Waals surface area contributed by atoms with Crippen molar-refractivity contribution in [2.75, 3.05) is 17.7 Å². The van der Waals surface area contributed by atoms with E-state index in [-0.39, 0.29) is 6.03 Å². The van der Waals surface area contributed by atoms with Crippen molar-refractivity contribution in [1.82, 2.24) is 10.3 Å². The third-order valence-corrected chi connectivity index (χ3v) is 3.10. The quantitative estimate of drug-likeness (QED) is 0.804. The van der Waals surface area contributed by atoms with E-state index in [4.69, 9.17) is 0 Å². The van der Waals surface area contributed by atoms with Gasteiger partial charge in [0.05, 0.1) is 12.2 Å². The van der Waals surface area contributed by atoms with Crippen LogP contribution in [0.5, 0.6) is 0 Å². The molecule has 0 spiro atoms. The SMILES string of the molecule is CNC(=O)Nc1ccc(NCc2ccc(Br)cn2)cc1. The number of hydrogen-bond donors (Lipinski definition) is 3. The number of urea groups is 1. The second-order valence-corrected chi connectivity index (χ2v) is 5.02. The van der Waals surface area contributed by atoms with E-state index in [0.717, 1.165) is 21.5 Å². The summed E-state index contributed by atoms with van der Waals surface area (Å²) in [6.07, 6.45) is 1.77. The van der Waals surface area contributed by atoms with Gasteiger partial charge in [-0.3, -0.25) is 4.98 Å². The van der Waals surface area contributed by atoms with Crippen molar-refractivity contribution in [3.8, 4) is 0 Å². The minimum absolute atomic E-state index is 0.232. The average Bonchev–Trinajstić information content (AvgIpc) is 2.48. The molecule has 1 aromatic carbocycles. The van der Waals surface area contributed by atoms with Crippen molar-refractivity contribution < 1.29 is 4.79 Å². The second kappa shape index (κ2) is 6.91. The monoisotopic (exact) mass is 334 g/mol. The highest BCUT2D eigenvalue weighted by atomic mass is 79.9. The van der Waals surface area contributed by atoms with Gasteiger partial charge in [-0.2, -0.15) is 0 Å². The topological polar surface area (TPSA) is 66.1 Å². The molecule has 0 radical (unpaired) electrons. The van der Waals surface area contributed by atoms with E-state index in [1.807, 2.05) is 36.4 Å². The number of anilines is 2. The normalized spacial score (nSPS) is 9.90. The van der Waals surface area contributed by atoms with Gasteiger partial charge in [-0.25, -0.2) is 4.79 Å². The summed E-state index contributed by atoms with van der Waals surface area (Å²) in [6.45, 7) is 0.648. The lowest BCUT2D eigenvalue weighted by Gasteiger charge is -2.08. The maximum atomic E-state index is 11.2. The maximum Gasteiger partial charge on any atom is 0.318 e. The Bertz CT molecular complexity index is 569. The number of benzene rings is 1. The molecule has 1 aromatic heterocycles. The Kier molecular flexibility index (Phi) is 4.95.